The zero-order chi connectivity index (χ0) is 11.6. The molecule has 0 fully saturated rings. The average molecular weight is 280 g/mol. The van der Waals surface area contributed by atoms with Crippen molar-refractivity contribution in [1.29, 1.82) is 0 Å². The second-order valence-corrected chi connectivity index (χ2v) is 3.01. The van der Waals surface area contributed by atoms with Crippen LogP contribution in [-0.2, 0) is 17.1 Å². The normalized spacial score (nSPS) is 8.59. The maximum Gasteiger partial charge on any atom is 0.0886 e. The minimum Gasteiger partial charge on any atom is -0.329 e. The molecule has 2 aromatic rings. The van der Waals surface area contributed by atoms with Gasteiger partial charge in [0.2, 0.25) is 0 Å². The van der Waals surface area contributed by atoms with Crippen molar-refractivity contribution >= 4 is 0 Å². The largest absolute Gasteiger partial charge is 0.329 e. The van der Waals surface area contributed by atoms with Crippen molar-refractivity contribution in [2.45, 2.75) is 0 Å². The van der Waals surface area contributed by atoms with Gasteiger partial charge in [0, 0.05) is 42.6 Å². The van der Waals surface area contributed by atoms with E-state index in [1.165, 1.54) is 0 Å². The molecule has 4 nitrogen and oxygen atoms in total. The topological polar surface area (TPSA) is 77.8 Å². The third-order valence-electron chi connectivity index (χ3n) is 1.76. The van der Waals surface area contributed by atoms with Crippen molar-refractivity contribution in [3.8, 4) is 11.4 Å². The van der Waals surface area contributed by atoms with Gasteiger partial charge in [0.25, 0.3) is 0 Å². The van der Waals surface area contributed by atoms with E-state index in [0.29, 0.717) is 13.1 Å². The first kappa shape index (κ1) is 15.7. The van der Waals surface area contributed by atoms with Gasteiger partial charge in [0.05, 0.1) is 11.4 Å². The van der Waals surface area contributed by atoms with Gasteiger partial charge in [-0.25, -0.2) is 0 Å². The summed E-state index contributed by atoms with van der Waals surface area (Å²) < 4.78 is 0. The molecule has 0 amide bonds. The van der Waals surface area contributed by atoms with E-state index in [4.69, 9.17) is 11.5 Å². The van der Waals surface area contributed by atoms with Gasteiger partial charge in [-0.15, -0.1) is 0 Å². The van der Waals surface area contributed by atoms with Gasteiger partial charge >= 0.3 is 0 Å². The first-order chi connectivity index (χ1) is 7.88. The van der Waals surface area contributed by atoms with Crippen LogP contribution in [0.1, 0.15) is 0 Å². The van der Waals surface area contributed by atoms with Crippen molar-refractivity contribution in [2.75, 3.05) is 13.1 Å². The summed E-state index contributed by atoms with van der Waals surface area (Å²) in [6.07, 6.45) is 3.54. The summed E-state index contributed by atoms with van der Waals surface area (Å²) in [6, 6.07) is 11.6. The molecule has 2 rings (SSSR count). The fourth-order valence-corrected chi connectivity index (χ4v) is 1.03. The molecule has 2 aromatic heterocycles. The van der Waals surface area contributed by atoms with Gasteiger partial charge in [-0.2, -0.15) is 0 Å². The molecule has 1 radical (unpaired) electrons. The summed E-state index contributed by atoms with van der Waals surface area (Å²) in [5.41, 5.74) is 11.6. The Bertz CT molecular complexity index is 341. The molecule has 0 saturated carbocycles. The van der Waals surface area contributed by atoms with E-state index in [1.54, 1.807) is 12.4 Å². The first-order valence-corrected chi connectivity index (χ1v) is 5.11. The first-order valence-electron chi connectivity index (χ1n) is 5.11. The molecule has 0 aliphatic heterocycles. The molecule has 0 aromatic carbocycles. The van der Waals surface area contributed by atoms with Crippen LogP contribution in [0.3, 0.4) is 0 Å². The number of hydrogen-bond acceptors (Lipinski definition) is 4. The van der Waals surface area contributed by atoms with Crippen molar-refractivity contribution in [3.63, 3.8) is 0 Å². The van der Waals surface area contributed by atoms with Crippen LogP contribution in [0.15, 0.2) is 48.8 Å². The predicted molar refractivity (Wildman–Crippen MR) is 65.6 cm³/mol. The summed E-state index contributed by atoms with van der Waals surface area (Å²) in [7, 11) is 0. The van der Waals surface area contributed by atoms with E-state index < -0.39 is 0 Å². The molecular formula is C12H16CuN4. The fourth-order valence-electron chi connectivity index (χ4n) is 1.03. The van der Waals surface area contributed by atoms with Crippen LogP contribution in [0.5, 0.6) is 0 Å². The standard InChI is InChI=1S/C10H8N2.C2H8N2.Cu/c1-3-7-11-9(5-1)10-6-2-4-8-12-10;3-1-2-4;/h1-8H;1-4H2;. The van der Waals surface area contributed by atoms with E-state index >= 15 is 0 Å². The fraction of sp³-hybridized carbons (Fsp3) is 0.167. The number of nitrogens with two attached hydrogens (primary N) is 2. The molecule has 0 bridgehead atoms. The molecule has 0 spiro atoms. The molecule has 95 valence electrons. The van der Waals surface area contributed by atoms with Crippen molar-refractivity contribution in [1.82, 2.24) is 9.97 Å². The summed E-state index contributed by atoms with van der Waals surface area (Å²) in [5, 5.41) is 0. The molecule has 5 heteroatoms. The third-order valence-corrected chi connectivity index (χ3v) is 1.76. The van der Waals surface area contributed by atoms with Crippen molar-refractivity contribution in [2.24, 2.45) is 11.5 Å². The van der Waals surface area contributed by atoms with Gasteiger partial charge in [-0.3, -0.25) is 9.97 Å². The maximum atomic E-state index is 4.90. The maximum absolute atomic E-state index is 4.90. The smallest absolute Gasteiger partial charge is 0.0886 e. The molecule has 0 unspecified atom stereocenters. The van der Waals surface area contributed by atoms with Gasteiger partial charge in [0.1, 0.15) is 0 Å². The Morgan fingerprint density at radius 3 is 1.41 bits per heavy atom. The summed E-state index contributed by atoms with van der Waals surface area (Å²) >= 11 is 0. The van der Waals surface area contributed by atoms with Crippen LogP contribution < -0.4 is 11.5 Å². The summed E-state index contributed by atoms with van der Waals surface area (Å²) in [5.74, 6) is 0. The van der Waals surface area contributed by atoms with E-state index in [9.17, 15) is 0 Å². The molecule has 0 aliphatic rings. The van der Waals surface area contributed by atoms with E-state index in [1.807, 2.05) is 36.4 Å². The molecule has 0 saturated heterocycles. The van der Waals surface area contributed by atoms with Crippen LogP contribution in [0.4, 0.5) is 0 Å². The predicted octanol–water partition coefficient (Wildman–Crippen LogP) is 1.04. The zero-order valence-corrected chi connectivity index (χ0v) is 10.3. The SMILES string of the molecule is NCCN.[Cu].c1ccc(-c2ccccn2)nc1. The average Bonchev–Trinajstić information content (AvgIpc) is 2.41. The Hall–Kier alpha value is -1.26. The molecule has 0 atom stereocenters. The minimum absolute atomic E-state index is 0. The number of pyridine rings is 2. The Morgan fingerprint density at radius 1 is 0.765 bits per heavy atom. The third kappa shape index (κ3) is 6.14. The van der Waals surface area contributed by atoms with Crippen LogP contribution in [0.25, 0.3) is 11.4 Å². The van der Waals surface area contributed by atoms with Crippen LogP contribution >= 0.6 is 0 Å². The monoisotopic (exact) mass is 279 g/mol. The van der Waals surface area contributed by atoms with E-state index in [0.717, 1.165) is 11.4 Å². The van der Waals surface area contributed by atoms with Gasteiger partial charge in [-0.1, -0.05) is 12.1 Å². The summed E-state index contributed by atoms with van der Waals surface area (Å²) in [4.78, 5) is 8.37. The Morgan fingerprint density at radius 2 is 1.18 bits per heavy atom. The van der Waals surface area contributed by atoms with E-state index in [2.05, 4.69) is 9.97 Å². The number of nitrogens with zero attached hydrogens (tertiary/aromatic N) is 2. The van der Waals surface area contributed by atoms with Crippen molar-refractivity contribution in [3.05, 3.63) is 48.8 Å². The van der Waals surface area contributed by atoms with Gasteiger partial charge < -0.3 is 11.5 Å². The van der Waals surface area contributed by atoms with Gasteiger partial charge in [0.15, 0.2) is 0 Å². The Labute approximate surface area is 112 Å². The zero-order valence-electron chi connectivity index (χ0n) is 9.38. The van der Waals surface area contributed by atoms with E-state index in [-0.39, 0.29) is 17.1 Å². The molecule has 17 heavy (non-hydrogen) atoms. The van der Waals surface area contributed by atoms with Crippen LogP contribution in [0.2, 0.25) is 0 Å². The number of rotatable bonds is 2. The summed E-state index contributed by atoms with van der Waals surface area (Å²) in [6.45, 7) is 1.19. The Balaban J connectivity index is 0.000000453. The molecular weight excluding hydrogens is 264 g/mol. The van der Waals surface area contributed by atoms with Crippen LogP contribution in [-0.4, -0.2) is 23.1 Å². The quantitative estimate of drug-likeness (QED) is 0.806. The molecule has 0 aliphatic carbocycles. The van der Waals surface area contributed by atoms with Gasteiger partial charge in [-0.05, 0) is 24.3 Å². The number of hydrogen-bond donors (Lipinski definition) is 2. The second-order valence-electron chi connectivity index (χ2n) is 3.01. The second kappa shape index (κ2) is 9.93. The van der Waals surface area contributed by atoms with Crippen molar-refractivity contribution < 1.29 is 17.1 Å². The molecule has 2 heterocycles. The van der Waals surface area contributed by atoms with Crippen LogP contribution in [0, 0.1) is 0 Å². The minimum atomic E-state index is 0. The number of aromatic nitrogens is 2. The Kier molecular flexibility index (Phi) is 9.19. The molecule has 4 N–H and O–H groups in total.